The zero-order valence-electron chi connectivity index (χ0n) is 71.8. The van der Waals surface area contributed by atoms with E-state index in [1.54, 1.807) is 0 Å². The summed E-state index contributed by atoms with van der Waals surface area (Å²) in [7, 11) is 0. The van der Waals surface area contributed by atoms with Crippen LogP contribution in [-0.4, -0.2) is 27.4 Å². The molecule has 0 spiro atoms. The van der Waals surface area contributed by atoms with E-state index in [-0.39, 0.29) is 20.5 Å². The van der Waals surface area contributed by atoms with Gasteiger partial charge < -0.3 is 27.4 Å². The lowest BCUT2D eigenvalue weighted by Gasteiger charge is -2.15. The number of aromatic nitrogens is 6. The minimum atomic E-state index is -2.60. The van der Waals surface area contributed by atoms with Crippen LogP contribution < -0.4 is 0 Å². The molecule has 0 fully saturated rings. The maximum absolute atomic E-state index is 15.3. The summed E-state index contributed by atoms with van der Waals surface area (Å²) in [6.07, 6.45) is 0. The maximum Gasteiger partial charge on any atom is 0.199 e. The van der Waals surface area contributed by atoms with E-state index in [1.165, 1.54) is 140 Å². The van der Waals surface area contributed by atoms with E-state index >= 15 is 35.1 Å². The number of benzene rings is 15. The second-order valence-corrected chi connectivity index (χ2v) is 33.4. The maximum atomic E-state index is 15.3. The first-order chi connectivity index (χ1) is 64.2. The molecule has 21 rings (SSSR count). The lowest BCUT2D eigenvalue weighted by Crippen LogP contribution is -2.06. The van der Waals surface area contributed by atoms with Crippen LogP contribution in [-0.2, 0) is 0 Å². The highest BCUT2D eigenvalue weighted by Gasteiger charge is 2.39. The topological polar surface area (TPSA) is 29.6 Å². The minimum Gasteiger partial charge on any atom is -0.309 e. The van der Waals surface area contributed by atoms with E-state index in [4.69, 9.17) is 0 Å². The average molecular weight is 1900 g/mol. The van der Waals surface area contributed by atoms with Gasteiger partial charge in [0.25, 0.3) is 0 Å². The molecule has 6 heterocycles. The van der Waals surface area contributed by atoms with Crippen molar-refractivity contribution in [3.05, 3.63) is 351 Å². The van der Waals surface area contributed by atoms with Crippen molar-refractivity contribution in [2.24, 2.45) is 0 Å². The summed E-state index contributed by atoms with van der Waals surface area (Å²) in [5.74, 6) is -62.8. The first-order valence-electron chi connectivity index (χ1n) is 40.9. The Morgan fingerprint density at radius 1 is 0.140 bits per heavy atom. The fraction of sp³-hybridized carbons (Fsp3) is 0.118. The van der Waals surface area contributed by atoms with E-state index in [1.807, 2.05) is 0 Å². The molecule has 0 unspecified atom stereocenters. The van der Waals surface area contributed by atoms with Crippen LogP contribution in [0, 0.1) is 246 Å². The van der Waals surface area contributed by atoms with Gasteiger partial charge in [-0.25, -0.2) is 123 Å². The normalized spacial score (nSPS) is 12.1. The fourth-order valence-electron chi connectivity index (χ4n) is 19.1. The van der Waals surface area contributed by atoms with Crippen LogP contribution in [0.2, 0.25) is 0 Å². The third-order valence-corrected chi connectivity index (χ3v) is 26.4. The lowest BCUT2D eigenvalue weighted by atomic mass is 9.94. The Balaban J connectivity index is 0.000000131. The predicted octanol–water partition coefficient (Wildman–Crippen LogP) is 31.2. The number of fused-ring (bicyclic) bond motifs is 18. The average Bonchev–Trinajstić information content (AvgIpc) is 1.53. The first kappa shape index (κ1) is 90.3. The number of hydrogen-bond acceptors (Lipinski definition) is 0. The molecule has 0 saturated heterocycles. The smallest absolute Gasteiger partial charge is 0.199 e. The van der Waals surface area contributed by atoms with Crippen molar-refractivity contribution in [3.8, 4) is 34.1 Å². The van der Waals surface area contributed by atoms with E-state index in [0.29, 0.717) is 42.5 Å². The standard InChI is InChI=1S/C42H44N2.C30H4F16N2.C30H8F12N2/c1-21-16-35-39(29(9)25(21)5)40-30(10)26(6)22(2)17-36(40)43(35)33-14-13-15-34(20-33)44-37-18-23(3)27(7)31(11)41(37)42-32(12)28(8)24(4)19-38(42)44;31-11-7-8-12(32)16(36)20(40)24(44)28(8)47(27(7)23(43)19(39)15(11)35)5-2-1-3-6(4-5)48-29-9(13(33)17(37)21(41)25(29)45)10-14(34)18(38)22(42)26(46)30(10)48;31-11-5-15-19(27(39)23(11)35)20-16(6-12(32)24(36)28(20)40)43(15)9-2-1-3-10(4-9)44-17-7-13(33)25(37)29(41)21(17)22-18(44)8-14(34)26(38)30(22)42/h13-20H,1-12H3;1-4H;1-8H. The van der Waals surface area contributed by atoms with Crippen LogP contribution in [0.25, 0.3) is 165 Å². The Hall–Kier alpha value is -14.9. The summed E-state index contributed by atoms with van der Waals surface area (Å²) in [6, 6.07) is 27.8. The molecule has 0 N–H and O–H groups in total. The van der Waals surface area contributed by atoms with Crippen molar-refractivity contribution < 1.29 is 123 Å². The molecule has 0 radical (unpaired) electrons. The molecule has 6 aromatic heterocycles. The molecule has 15 aromatic carbocycles. The molecular formula is C102H56F28N6. The van der Waals surface area contributed by atoms with E-state index < -0.39 is 261 Å². The number of aryl methyl sites for hydroxylation is 8. The third kappa shape index (κ3) is 12.3. The Morgan fingerprint density at radius 2 is 0.294 bits per heavy atom. The molecule has 0 saturated carbocycles. The summed E-state index contributed by atoms with van der Waals surface area (Å²) in [4.78, 5) is 0. The van der Waals surface area contributed by atoms with Crippen LogP contribution in [0.15, 0.2) is 121 Å². The van der Waals surface area contributed by atoms with Gasteiger partial charge in [-0.1, -0.05) is 18.2 Å². The Labute approximate surface area is 746 Å². The molecule has 690 valence electrons. The van der Waals surface area contributed by atoms with Gasteiger partial charge in [0.1, 0.15) is 0 Å². The summed E-state index contributed by atoms with van der Waals surface area (Å²) in [6.45, 7) is 27.3. The van der Waals surface area contributed by atoms with Crippen molar-refractivity contribution in [2.45, 2.75) is 83.1 Å². The number of hydrogen-bond donors (Lipinski definition) is 0. The van der Waals surface area contributed by atoms with Gasteiger partial charge in [-0.3, -0.25) is 0 Å². The Bertz CT molecular complexity index is 7830. The molecule has 0 bridgehead atoms. The predicted molar refractivity (Wildman–Crippen MR) is 461 cm³/mol. The van der Waals surface area contributed by atoms with Crippen molar-refractivity contribution in [3.63, 3.8) is 0 Å². The van der Waals surface area contributed by atoms with Crippen molar-refractivity contribution >= 4 is 131 Å². The summed E-state index contributed by atoms with van der Waals surface area (Å²) in [5.41, 5.74) is 12.7. The van der Waals surface area contributed by atoms with Gasteiger partial charge in [0, 0.05) is 79.9 Å². The molecule has 0 aliphatic rings. The van der Waals surface area contributed by atoms with Gasteiger partial charge >= 0.3 is 0 Å². The van der Waals surface area contributed by atoms with Crippen LogP contribution in [0.4, 0.5) is 123 Å². The first-order valence-corrected chi connectivity index (χ1v) is 40.9. The van der Waals surface area contributed by atoms with Gasteiger partial charge in [0.15, 0.2) is 163 Å². The highest BCUT2D eigenvalue weighted by Crippen LogP contribution is 2.50. The highest BCUT2D eigenvalue weighted by atomic mass is 19.2. The molecule has 0 amide bonds. The summed E-state index contributed by atoms with van der Waals surface area (Å²) in [5, 5.41) is -4.99. The highest BCUT2D eigenvalue weighted by molar-refractivity contribution is 6.18. The Morgan fingerprint density at radius 3 is 0.478 bits per heavy atom. The number of rotatable bonds is 6. The number of halogens is 28. The largest absolute Gasteiger partial charge is 0.309 e. The van der Waals surface area contributed by atoms with Gasteiger partial charge in [-0.15, -0.1) is 0 Å². The molecule has 0 atom stereocenters. The minimum absolute atomic E-state index is 0.0434. The quantitative estimate of drug-likeness (QED) is 0.0902. The second-order valence-electron chi connectivity index (χ2n) is 33.4. The summed E-state index contributed by atoms with van der Waals surface area (Å²) < 4.78 is 417. The van der Waals surface area contributed by atoms with Crippen LogP contribution >= 0.6 is 0 Å². The lowest BCUT2D eigenvalue weighted by molar-refractivity contribution is 0.416. The van der Waals surface area contributed by atoms with Crippen LogP contribution in [0.5, 0.6) is 0 Å². The third-order valence-electron chi connectivity index (χ3n) is 26.4. The van der Waals surface area contributed by atoms with Crippen LogP contribution in [0.1, 0.15) is 66.8 Å². The summed E-state index contributed by atoms with van der Waals surface area (Å²) >= 11 is 0. The Kier molecular flexibility index (Phi) is 20.8. The molecule has 0 aliphatic heterocycles. The van der Waals surface area contributed by atoms with E-state index in [2.05, 4.69) is 141 Å². The molecule has 0 aliphatic carbocycles. The van der Waals surface area contributed by atoms with Gasteiger partial charge in [0.2, 0.25) is 0 Å². The zero-order chi connectivity index (χ0) is 98.0. The molecule has 136 heavy (non-hydrogen) atoms. The van der Waals surface area contributed by atoms with Crippen molar-refractivity contribution in [1.29, 1.82) is 0 Å². The van der Waals surface area contributed by atoms with Crippen molar-refractivity contribution in [1.82, 2.24) is 27.4 Å². The van der Waals surface area contributed by atoms with Gasteiger partial charge in [-0.05, 0) is 229 Å². The monoisotopic (exact) mass is 1900 g/mol. The SMILES string of the molecule is Cc1cc2c(c(C)c1C)c1c(C)c(C)c(C)cc1n2-c1cccc(-n2c3cc(C)c(C)c(C)c3c3c(C)c(C)c(C)cc32)c1.Fc1c(F)c(F)c2c(c1F)c1c(F)c(F)c(F)c(F)c1n2-c1cccc(-n2c3c(F)c(F)c(F)c(F)c3c3c(F)c(F)c(F)c(F)c32)c1.Fc1cc2c(c(F)c1F)c1c(F)c(F)c(F)cc1n2-c1cccc(-n2c3cc(F)c(F)c(F)c3c3c(F)c(F)c(F)cc32)c1. The fourth-order valence-corrected chi connectivity index (χ4v) is 19.1. The zero-order valence-corrected chi connectivity index (χ0v) is 71.8. The van der Waals surface area contributed by atoms with Gasteiger partial charge in [-0.2, -0.15) is 0 Å². The van der Waals surface area contributed by atoms with Crippen molar-refractivity contribution in [2.75, 3.05) is 0 Å². The van der Waals surface area contributed by atoms with E-state index in [0.717, 1.165) is 21.3 Å². The molecule has 6 nitrogen and oxygen atoms in total. The second kappa shape index (κ2) is 31.4. The van der Waals surface area contributed by atoms with E-state index in [9.17, 15) is 87.8 Å². The molecule has 34 heteroatoms. The molecular weight excluding hydrogens is 1840 g/mol. The number of nitrogens with zero attached hydrogens (tertiary/aromatic N) is 6. The van der Waals surface area contributed by atoms with Gasteiger partial charge in [0.05, 0.1) is 109 Å². The molecule has 21 aromatic rings. The van der Waals surface area contributed by atoms with Crippen LogP contribution in [0.3, 0.4) is 0 Å².